The van der Waals surface area contributed by atoms with E-state index in [0.29, 0.717) is 0 Å². The molecule has 0 radical (unpaired) electrons. The van der Waals surface area contributed by atoms with Crippen molar-refractivity contribution in [3.05, 3.63) is 96.1 Å². The van der Waals surface area contributed by atoms with Crippen molar-refractivity contribution in [3.63, 3.8) is 0 Å². The molecule has 0 saturated carbocycles. The Balaban J connectivity index is 1.84. The fourth-order valence-corrected chi connectivity index (χ4v) is 5.87. The van der Waals surface area contributed by atoms with Gasteiger partial charge < -0.3 is 0 Å². The van der Waals surface area contributed by atoms with E-state index in [2.05, 4.69) is 98.8 Å². The first kappa shape index (κ1) is 19.3. The first-order valence-corrected chi connectivity index (χ1v) is 12.0. The van der Waals surface area contributed by atoms with Gasteiger partial charge in [-0.25, -0.2) is 0 Å². The molecule has 0 nitrogen and oxygen atoms in total. The van der Waals surface area contributed by atoms with Crippen LogP contribution in [0.1, 0.15) is 37.8 Å². The SMILES string of the molecule is CCCc1cccc(CCC)c1-c1c2ccccc2c2c3c(cccc13)-c1ccccc1-2. The van der Waals surface area contributed by atoms with Gasteiger partial charge in [-0.15, -0.1) is 0 Å². The van der Waals surface area contributed by atoms with E-state index in [1.807, 2.05) is 0 Å². The minimum Gasteiger partial charge on any atom is -0.0651 e. The molecule has 0 N–H and O–H groups in total. The Kier molecular flexibility index (Phi) is 4.61. The zero-order chi connectivity index (χ0) is 21.7. The molecule has 0 atom stereocenters. The number of hydrogen-bond acceptors (Lipinski definition) is 0. The van der Waals surface area contributed by atoms with Gasteiger partial charge in [-0.2, -0.15) is 0 Å². The smallest absolute Gasteiger partial charge is 0.00137 e. The van der Waals surface area contributed by atoms with Crippen LogP contribution in [0.3, 0.4) is 0 Å². The van der Waals surface area contributed by atoms with Crippen molar-refractivity contribution < 1.29 is 0 Å². The Hall–Kier alpha value is -3.38. The summed E-state index contributed by atoms with van der Waals surface area (Å²) in [5, 5.41) is 5.58. The van der Waals surface area contributed by atoms with Crippen LogP contribution in [0.15, 0.2) is 84.9 Å². The van der Waals surface area contributed by atoms with Crippen molar-refractivity contribution >= 4 is 21.5 Å². The number of aryl methyl sites for hydroxylation is 2. The van der Waals surface area contributed by atoms with E-state index < -0.39 is 0 Å². The van der Waals surface area contributed by atoms with E-state index in [0.717, 1.165) is 25.7 Å². The van der Waals surface area contributed by atoms with Crippen LogP contribution in [-0.4, -0.2) is 0 Å². The van der Waals surface area contributed by atoms with E-state index in [1.165, 1.54) is 66.1 Å². The molecule has 6 rings (SSSR count). The molecular formula is C32H28. The van der Waals surface area contributed by atoms with Crippen LogP contribution in [0.4, 0.5) is 0 Å². The molecule has 5 aromatic rings. The Bertz CT molecular complexity index is 1460. The molecular weight excluding hydrogens is 384 g/mol. The highest BCUT2D eigenvalue weighted by molar-refractivity contribution is 6.29. The minimum absolute atomic E-state index is 1.12. The van der Waals surface area contributed by atoms with Crippen LogP contribution in [0.5, 0.6) is 0 Å². The van der Waals surface area contributed by atoms with Crippen molar-refractivity contribution in [3.8, 4) is 33.4 Å². The van der Waals surface area contributed by atoms with Gasteiger partial charge in [0.05, 0.1) is 0 Å². The molecule has 0 fully saturated rings. The summed E-state index contributed by atoms with van der Waals surface area (Å²) in [7, 11) is 0. The number of benzene rings is 5. The summed E-state index contributed by atoms with van der Waals surface area (Å²) in [6.07, 6.45) is 4.55. The van der Waals surface area contributed by atoms with Crippen LogP contribution in [0.25, 0.3) is 54.9 Å². The van der Waals surface area contributed by atoms with Crippen LogP contribution in [0.2, 0.25) is 0 Å². The lowest BCUT2D eigenvalue weighted by molar-refractivity contribution is 0.899. The third-order valence-electron chi connectivity index (χ3n) is 7.06. The molecule has 0 bridgehead atoms. The maximum Gasteiger partial charge on any atom is -0.00137 e. The standard InChI is InChI=1S/C32H28/c1-3-11-21-13-9-14-22(12-4-2)29(21)31-27-18-8-7-17-26(27)30-24-16-6-5-15-23(24)25-19-10-20-28(31)32(25)30/h5-10,13-20H,3-4,11-12H2,1-2H3. The zero-order valence-corrected chi connectivity index (χ0v) is 18.9. The zero-order valence-electron chi connectivity index (χ0n) is 18.9. The summed E-state index contributed by atoms with van der Waals surface area (Å²) < 4.78 is 0. The summed E-state index contributed by atoms with van der Waals surface area (Å²) in [6, 6.07) is 31.9. The summed E-state index contributed by atoms with van der Waals surface area (Å²) in [4.78, 5) is 0. The van der Waals surface area contributed by atoms with E-state index in [1.54, 1.807) is 0 Å². The van der Waals surface area contributed by atoms with Gasteiger partial charge in [0.15, 0.2) is 0 Å². The summed E-state index contributed by atoms with van der Waals surface area (Å²) >= 11 is 0. The van der Waals surface area contributed by atoms with E-state index in [-0.39, 0.29) is 0 Å². The third kappa shape index (κ3) is 2.69. The van der Waals surface area contributed by atoms with Crippen molar-refractivity contribution in [2.45, 2.75) is 39.5 Å². The lowest BCUT2D eigenvalue weighted by atomic mass is 9.83. The first-order chi connectivity index (χ1) is 15.8. The van der Waals surface area contributed by atoms with Crippen LogP contribution in [-0.2, 0) is 12.8 Å². The Morgan fingerprint density at radius 2 is 0.969 bits per heavy atom. The molecule has 0 heterocycles. The lowest BCUT2D eigenvalue weighted by Gasteiger charge is -2.20. The van der Waals surface area contributed by atoms with Crippen molar-refractivity contribution in [2.24, 2.45) is 0 Å². The largest absolute Gasteiger partial charge is 0.0651 e. The highest BCUT2D eigenvalue weighted by Crippen LogP contribution is 2.53. The average molecular weight is 413 g/mol. The summed E-state index contributed by atoms with van der Waals surface area (Å²) in [5.74, 6) is 0. The van der Waals surface area contributed by atoms with Gasteiger partial charge in [-0.05, 0) is 78.9 Å². The highest BCUT2D eigenvalue weighted by Gasteiger charge is 2.27. The van der Waals surface area contributed by atoms with Gasteiger partial charge in [0.1, 0.15) is 0 Å². The maximum absolute atomic E-state index is 2.36. The molecule has 156 valence electrons. The van der Waals surface area contributed by atoms with Gasteiger partial charge in [0.2, 0.25) is 0 Å². The van der Waals surface area contributed by atoms with Crippen LogP contribution in [0, 0.1) is 0 Å². The van der Waals surface area contributed by atoms with Crippen LogP contribution < -0.4 is 0 Å². The molecule has 1 aliphatic rings. The van der Waals surface area contributed by atoms with Gasteiger partial charge in [-0.1, -0.05) is 112 Å². The molecule has 0 aliphatic heterocycles. The second kappa shape index (κ2) is 7.64. The molecule has 0 amide bonds. The highest BCUT2D eigenvalue weighted by atomic mass is 14.3. The number of fused-ring (bicyclic) bond motifs is 5. The quantitative estimate of drug-likeness (QED) is 0.248. The summed E-state index contributed by atoms with van der Waals surface area (Å²) in [6.45, 7) is 4.58. The van der Waals surface area contributed by atoms with Crippen molar-refractivity contribution in [1.29, 1.82) is 0 Å². The van der Waals surface area contributed by atoms with Crippen molar-refractivity contribution in [2.75, 3.05) is 0 Å². The van der Waals surface area contributed by atoms with Gasteiger partial charge in [0, 0.05) is 0 Å². The second-order valence-corrected chi connectivity index (χ2v) is 9.02. The monoisotopic (exact) mass is 412 g/mol. The van der Waals surface area contributed by atoms with Crippen LogP contribution >= 0.6 is 0 Å². The van der Waals surface area contributed by atoms with Crippen molar-refractivity contribution in [1.82, 2.24) is 0 Å². The number of rotatable bonds is 5. The summed E-state index contributed by atoms with van der Waals surface area (Å²) in [5.41, 5.74) is 11.4. The Morgan fingerprint density at radius 3 is 1.66 bits per heavy atom. The fraction of sp³-hybridized carbons (Fsp3) is 0.188. The lowest BCUT2D eigenvalue weighted by Crippen LogP contribution is -1.98. The third-order valence-corrected chi connectivity index (χ3v) is 7.06. The van der Waals surface area contributed by atoms with Gasteiger partial charge in [0.25, 0.3) is 0 Å². The Labute approximate surface area is 190 Å². The molecule has 32 heavy (non-hydrogen) atoms. The van der Waals surface area contributed by atoms with E-state index >= 15 is 0 Å². The normalized spacial score (nSPS) is 11.9. The second-order valence-electron chi connectivity index (χ2n) is 9.02. The predicted octanol–water partition coefficient (Wildman–Crippen LogP) is 9.21. The molecule has 0 heteroatoms. The molecule has 0 unspecified atom stereocenters. The fourth-order valence-electron chi connectivity index (χ4n) is 5.87. The first-order valence-electron chi connectivity index (χ1n) is 12.0. The maximum atomic E-state index is 2.36. The Morgan fingerprint density at radius 1 is 0.438 bits per heavy atom. The van der Waals surface area contributed by atoms with Gasteiger partial charge >= 0.3 is 0 Å². The molecule has 1 aliphatic carbocycles. The predicted molar refractivity (Wildman–Crippen MR) is 139 cm³/mol. The number of hydrogen-bond donors (Lipinski definition) is 0. The van der Waals surface area contributed by atoms with E-state index in [9.17, 15) is 0 Å². The van der Waals surface area contributed by atoms with Gasteiger partial charge in [-0.3, -0.25) is 0 Å². The average Bonchev–Trinajstić information content (AvgIpc) is 3.17. The molecule has 0 spiro atoms. The molecule has 0 saturated heterocycles. The van der Waals surface area contributed by atoms with E-state index in [4.69, 9.17) is 0 Å². The topological polar surface area (TPSA) is 0 Å². The molecule has 0 aromatic heterocycles. The molecule has 5 aromatic carbocycles. The minimum atomic E-state index is 1.12.